The fourth-order valence-electron chi connectivity index (χ4n) is 0.678. The summed E-state index contributed by atoms with van der Waals surface area (Å²) in [4.78, 5) is 10.7. The first-order valence-corrected chi connectivity index (χ1v) is 3.27. The molecule has 0 aliphatic carbocycles. The van der Waals surface area contributed by atoms with Crippen molar-refractivity contribution in [3.05, 3.63) is 30.3 Å². The van der Waals surface area contributed by atoms with Crippen LogP contribution in [-0.4, -0.2) is 17.4 Å². The first kappa shape index (κ1) is 8.26. The van der Waals surface area contributed by atoms with E-state index in [9.17, 15) is 4.79 Å². The highest BCUT2D eigenvalue weighted by Gasteiger charge is 1.98. The van der Waals surface area contributed by atoms with Crippen molar-refractivity contribution < 1.29 is 14.7 Å². The second-order valence-corrected chi connectivity index (χ2v) is 1.98. The molecular formula is C8H7NO3. The molecule has 0 saturated carbocycles. The summed E-state index contributed by atoms with van der Waals surface area (Å²) < 4.78 is 4.71. The van der Waals surface area contributed by atoms with Gasteiger partial charge < -0.3 is 9.94 Å². The van der Waals surface area contributed by atoms with E-state index in [1.165, 1.54) is 0 Å². The average molecular weight is 165 g/mol. The monoisotopic (exact) mass is 165 g/mol. The minimum Gasteiger partial charge on any atom is -0.422 e. The summed E-state index contributed by atoms with van der Waals surface area (Å²) in [5.74, 6) is -0.286. The largest absolute Gasteiger partial charge is 0.422 e. The Labute approximate surface area is 69.1 Å². The zero-order valence-corrected chi connectivity index (χ0v) is 6.18. The molecule has 1 aromatic rings. The molecule has 1 aromatic carbocycles. The van der Waals surface area contributed by atoms with Crippen molar-refractivity contribution in [3.63, 3.8) is 0 Å². The Morgan fingerprint density at radius 3 is 2.67 bits per heavy atom. The normalized spacial score (nSPS) is 10.0. The number of carbonyl (C=O) groups is 1. The Morgan fingerprint density at radius 2 is 2.08 bits per heavy atom. The van der Waals surface area contributed by atoms with E-state index in [0.29, 0.717) is 12.0 Å². The number of rotatable bonds is 2. The Morgan fingerprint density at radius 1 is 1.42 bits per heavy atom. The van der Waals surface area contributed by atoms with Gasteiger partial charge in [0.2, 0.25) is 0 Å². The van der Waals surface area contributed by atoms with Crippen LogP contribution in [0.1, 0.15) is 0 Å². The van der Waals surface area contributed by atoms with Gasteiger partial charge in [-0.1, -0.05) is 23.4 Å². The minimum atomic E-state index is -0.705. The van der Waals surface area contributed by atoms with E-state index in [1.54, 1.807) is 30.3 Å². The van der Waals surface area contributed by atoms with Crippen molar-refractivity contribution in [3.8, 4) is 5.75 Å². The van der Waals surface area contributed by atoms with Crippen LogP contribution in [0, 0.1) is 0 Å². The van der Waals surface area contributed by atoms with Gasteiger partial charge in [-0.15, -0.1) is 0 Å². The van der Waals surface area contributed by atoms with Gasteiger partial charge in [-0.2, -0.15) is 0 Å². The molecule has 0 aliphatic heterocycles. The lowest BCUT2D eigenvalue weighted by Gasteiger charge is -1.97. The molecule has 4 heteroatoms. The Balaban J connectivity index is 2.59. The number of carbonyl (C=O) groups excluding carboxylic acids is 1. The zero-order chi connectivity index (χ0) is 8.81. The van der Waals surface area contributed by atoms with Gasteiger partial charge in [0.05, 0.1) is 0 Å². The lowest BCUT2D eigenvalue weighted by molar-refractivity contribution is -0.126. The number of nitrogens with zero attached hydrogens (tertiary/aromatic N) is 1. The van der Waals surface area contributed by atoms with Crippen LogP contribution in [0.4, 0.5) is 0 Å². The van der Waals surface area contributed by atoms with E-state index < -0.39 is 5.97 Å². The minimum absolute atomic E-state index is 0.419. The third-order valence-corrected chi connectivity index (χ3v) is 1.12. The summed E-state index contributed by atoms with van der Waals surface area (Å²) in [6.45, 7) is 0. The van der Waals surface area contributed by atoms with Gasteiger partial charge in [0.1, 0.15) is 5.75 Å². The second kappa shape index (κ2) is 4.12. The maximum atomic E-state index is 10.7. The van der Waals surface area contributed by atoms with Crippen molar-refractivity contribution >= 4 is 12.2 Å². The summed E-state index contributed by atoms with van der Waals surface area (Å²) in [6.07, 6.45) is 0.687. The first-order valence-electron chi connectivity index (χ1n) is 3.27. The van der Waals surface area contributed by atoms with Crippen LogP contribution in [0.5, 0.6) is 5.75 Å². The molecule has 0 atom stereocenters. The van der Waals surface area contributed by atoms with E-state index in [1.807, 2.05) is 0 Å². The molecule has 0 heterocycles. The highest BCUT2D eigenvalue weighted by atomic mass is 16.5. The van der Waals surface area contributed by atoms with E-state index in [2.05, 4.69) is 5.16 Å². The number of hydrogen-bond acceptors (Lipinski definition) is 4. The topological polar surface area (TPSA) is 58.9 Å². The SMILES string of the molecule is O=C(C=NO)Oc1ccccc1. The zero-order valence-electron chi connectivity index (χ0n) is 6.18. The van der Waals surface area contributed by atoms with Gasteiger partial charge in [0, 0.05) is 0 Å². The van der Waals surface area contributed by atoms with Crippen LogP contribution in [-0.2, 0) is 4.79 Å². The number of ether oxygens (including phenoxy) is 1. The number of esters is 1. The standard InChI is InChI=1S/C8H7NO3/c10-8(6-9-11)12-7-4-2-1-3-5-7/h1-6,11H. The third-order valence-electron chi connectivity index (χ3n) is 1.12. The summed E-state index contributed by atoms with van der Waals surface area (Å²) in [5.41, 5.74) is 0. The summed E-state index contributed by atoms with van der Waals surface area (Å²) in [6, 6.07) is 8.53. The molecule has 0 amide bonds. The fraction of sp³-hybridized carbons (Fsp3) is 0. The predicted molar refractivity (Wildman–Crippen MR) is 42.4 cm³/mol. The molecule has 12 heavy (non-hydrogen) atoms. The number of para-hydroxylation sites is 1. The molecule has 0 saturated heterocycles. The van der Waals surface area contributed by atoms with Gasteiger partial charge >= 0.3 is 5.97 Å². The van der Waals surface area contributed by atoms with E-state index in [-0.39, 0.29) is 0 Å². The highest BCUT2D eigenvalue weighted by Crippen LogP contribution is 2.07. The van der Waals surface area contributed by atoms with Gasteiger partial charge in [-0.3, -0.25) is 0 Å². The fourth-order valence-corrected chi connectivity index (χ4v) is 0.678. The molecule has 62 valence electrons. The molecule has 0 bridgehead atoms. The quantitative estimate of drug-likeness (QED) is 0.234. The van der Waals surface area contributed by atoms with Gasteiger partial charge in [-0.05, 0) is 12.1 Å². The maximum Gasteiger partial charge on any atom is 0.358 e. The third kappa shape index (κ3) is 2.42. The average Bonchev–Trinajstić information content (AvgIpc) is 2.06. The summed E-state index contributed by atoms with van der Waals surface area (Å²) in [5, 5.41) is 10.5. The molecule has 1 N–H and O–H groups in total. The van der Waals surface area contributed by atoms with Crippen molar-refractivity contribution in [2.45, 2.75) is 0 Å². The lowest BCUT2D eigenvalue weighted by Crippen LogP contribution is -2.08. The van der Waals surface area contributed by atoms with E-state index in [4.69, 9.17) is 9.94 Å². The molecule has 0 radical (unpaired) electrons. The number of hydrogen-bond donors (Lipinski definition) is 1. The number of benzene rings is 1. The molecule has 0 aromatic heterocycles. The molecular weight excluding hydrogens is 158 g/mol. The van der Waals surface area contributed by atoms with Crippen molar-refractivity contribution in [1.29, 1.82) is 0 Å². The van der Waals surface area contributed by atoms with E-state index in [0.717, 1.165) is 0 Å². The maximum absolute atomic E-state index is 10.7. The summed E-state index contributed by atoms with van der Waals surface area (Å²) >= 11 is 0. The van der Waals surface area contributed by atoms with E-state index >= 15 is 0 Å². The molecule has 0 spiro atoms. The van der Waals surface area contributed by atoms with Crippen molar-refractivity contribution in [1.82, 2.24) is 0 Å². The Bertz CT molecular complexity index is 282. The van der Waals surface area contributed by atoms with Crippen molar-refractivity contribution in [2.24, 2.45) is 5.16 Å². The van der Waals surface area contributed by atoms with Crippen LogP contribution in [0.15, 0.2) is 35.5 Å². The van der Waals surface area contributed by atoms with Gasteiger partial charge in [-0.25, -0.2) is 4.79 Å². The first-order chi connectivity index (χ1) is 5.83. The van der Waals surface area contributed by atoms with Gasteiger partial charge in [0.15, 0.2) is 6.21 Å². The second-order valence-electron chi connectivity index (χ2n) is 1.98. The smallest absolute Gasteiger partial charge is 0.358 e. The number of oxime groups is 1. The molecule has 1 rings (SSSR count). The molecule has 0 unspecified atom stereocenters. The highest BCUT2D eigenvalue weighted by molar-refractivity contribution is 6.23. The molecule has 4 nitrogen and oxygen atoms in total. The lowest BCUT2D eigenvalue weighted by atomic mass is 10.3. The van der Waals surface area contributed by atoms with Gasteiger partial charge in [0.25, 0.3) is 0 Å². The van der Waals surface area contributed by atoms with Crippen LogP contribution in [0.25, 0.3) is 0 Å². The van der Waals surface area contributed by atoms with Crippen LogP contribution < -0.4 is 4.74 Å². The Kier molecular flexibility index (Phi) is 2.84. The van der Waals surface area contributed by atoms with Crippen LogP contribution >= 0.6 is 0 Å². The predicted octanol–water partition coefficient (Wildman–Crippen LogP) is 1.05. The molecule has 0 aliphatic rings. The van der Waals surface area contributed by atoms with Crippen LogP contribution in [0.3, 0.4) is 0 Å². The summed E-state index contributed by atoms with van der Waals surface area (Å²) in [7, 11) is 0. The van der Waals surface area contributed by atoms with Crippen molar-refractivity contribution in [2.75, 3.05) is 0 Å². The molecule has 0 fully saturated rings. The Hall–Kier alpha value is -1.84. The van der Waals surface area contributed by atoms with Crippen LogP contribution in [0.2, 0.25) is 0 Å².